The van der Waals surface area contributed by atoms with Gasteiger partial charge >= 0.3 is 0 Å². The topological polar surface area (TPSA) is 104 Å². The molecule has 3 N–H and O–H groups in total. The van der Waals surface area contributed by atoms with Crippen molar-refractivity contribution in [1.82, 2.24) is 4.98 Å². The number of hydrogen-bond donors (Lipinski definition) is 2. The van der Waals surface area contributed by atoms with E-state index in [-0.39, 0.29) is 16.9 Å². The number of carbonyl (C=O) groups is 2. The molecule has 0 radical (unpaired) electrons. The van der Waals surface area contributed by atoms with E-state index in [4.69, 9.17) is 15.2 Å². The minimum atomic E-state index is -0.817. The molecule has 1 heterocycles. The van der Waals surface area contributed by atoms with E-state index in [1.165, 1.54) is 30.3 Å². The van der Waals surface area contributed by atoms with Crippen LogP contribution < -0.4 is 20.5 Å². The van der Waals surface area contributed by atoms with Crippen LogP contribution in [0.5, 0.6) is 11.5 Å². The third-order valence-electron chi connectivity index (χ3n) is 4.42. The lowest BCUT2D eigenvalue weighted by atomic mass is 10.1. The maximum Gasteiger partial charge on any atom is 0.269 e. The molecule has 0 fully saturated rings. The van der Waals surface area contributed by atoms with Gasteiger partial charge in [-0.15, -0.1) is 0 Å². The number of nitrogens with two attached hydrogens (primary N) is 1. The van der Waals surface area contributed by atoms with Gasteiger partial charge in [0.1, 0.15) is 17.3 Å². The molecular formula is C22H20FN3O4. The number of benzene rings is 2. The molecule has 0 aliphatic heterocycles. The molecule has 0 spiro atoms. The van der Waals surface area contributed by atoms with E-state index in [1.54, 1.807) is 32.4 Å². The smallest absolute Gasteiger partial charge is 0.269 e. The van der Waals surface area contributed by atoms with Crippen molar-refractivity contribution in [3.8, 4) is 11.5 Å². The van der Waals surface area contributed by atoms with Gasteiger partial charge in [0.2, 0.25) is 0 Å². The Morgan fingerprint density at radius 2 is 1.83 bits per heavy atom. The van der Waals surface area contributed by atoms with Gasteiger partial charge in [0.05, 0.1) is 25.5 Å². The molecular weight excluding hydrogens is 389 g/mol. The van der Waals surface area contributed by atoms with Crippen LogP contribution in [0.1, 0.15) is 32.1 Å². The zero-order valence-corrected chi connectivity index (χ0v) is 16.4. The van der Waals surface area contributed by atoms with E-state index in [0.717, 1.165) is 5.56 Å². The lowest BCUT2D eigenvalue weighted by molar-refractivity contribution is 0.0996. The Balaban J connectivity index is 1.88. The predicted octanol–water partition coefficient (Wildman–Crippen LogP) is 3.18. The monoisotopic (exact) mass is 409 g/mol. The molecule has 0 atom stereocenters. The maximum atomic E-state index is 13.8. The highest BCUT2D eigenvalue weighted by molar-refractivity contribution is 6.08. The summed E-state index contributed by atoms with van der Waals surface area (Å²) in [5.41, 5.74) is 6.63. The number of primary amides is 1. The van der Waals surface area contributed by atoms with E-state index in [9.17, 15) is 14.0 Å². The van der Waals surface area contributed by atoms with Crippen LogP contribution in [-0.4, -0.2) is 31.0 Å². The van der Waals surface area contributed by atoms with E-state index >= 15 is 0 Å². The van der Waals surface area contributed by atoms with Crippen LogP contribution >= 0.6 is 0 Å². The zero-order chi connectivity index (χ0) is 21.7. The molecule has 3 aromatic rings. The van der Waals surface area contributed by atoms with Gasteiger partial charge in [-0.3, -0.25) is 9.59 Å². The summed E-state index contributed by atoms with van der Waals surface area (Å²) in [6, 6.07) is 14.0. The van der Waals surface area contributed by atoms with Crippen LogP contribution in [0.4, 0.5) is 10.1 Å². The average molecular weight is 409 g/mol. The number of aromatic nitrogens is 1. The van der Waals surface area contributed by atoms with E-state index in [0.29, 0.717) is 23.6 Å². The second-order valence-corrected chi connectivity index (χ2v) is 6.35. The van der Waals surface area contributed by atoms with Crippen LogP contribution in [-0.2, 0) is 6.42 Å². The first-order valence-corrected chi connectivity index (χ1v) is 8.99. The summed E-state index contributed by atoms with van der Waals surface area (Å²) < 4.78 is 24.4. The molecule has 0 unspecified atom stereocenters. The number of methoxy groups -OCH3 is 2. The maximum absolute atomic E-state index is 13.8. The van der Waals surface area contributed by atoms with Gasteiger partial charge in [-0.25, -0.2) is 9.37 Å². The average Bonchev–Trinajstić information content (AvgIpc) is 2.75. The third-order valence-corrected chi connectivity index (χ3v) is 4.42. The number of nitrogens with one attached hydrogen (secondary N) is 1. The van der Waals surface area contributed by atoms with Gasteiger partial charge in [-0.2, -0.15) is 0 Å². The van der Waals surface area contributed by atoms with Gasteiger partial charge in [-0.05, 0) is 30.3 Å². The first-order valence-electron chi connectivity index (χ1n) is 8.99. The Morgan fingerprint density at radius 3 is 2.50 bits per heavy atom. The number of hydrogen-bond acceptors (Lipinski definition) is 5. The van der Waals surface area contributed by atoms with Crippen molar-refractivity contribution in [2.45, 2.75) is 6.42 Å². The van der Waals surface area contributed by atoms with Gasteiger partial charge in [0.25, 0.3) is 11.8 Å². The quantitative estimate of drug-likeness (QED) is 0.624. The van der Waals surface area contributed by atoms with Crippen LogP contribution in [0.3, 0.4) is 0 Å². The fourth-order valence-corrected chi connectivity index (χ4v) is 2.91. The van der Waals surface area contributed by atoms with Crippen molar-refractivity contribution in [2.24, 2.45) is 5.73 Å². The van der Waals surface area contributed by atoms with Crippen molar-refractivity contribution in [3.63, 3.8) is 0 Å². The highest BCUT2D eigenvalue weighted by Crippen LogP contribution is 2.27. The third kappa shape index (κ3) is 4.54. The van der Waals surface area contributed by atoms with Gasteiger partial charge in [-0.1, -0.05) is 18.2 Å². The largest absolute Gasteiger partial charge is 0.497 e. The van der Waals surface area contributed by atoms with Crippen LogP contribution in [0.2, 0.25) is 0 Å². The van der Waals surface area contributed by atoms with E-state index < -0.39 is 17.6 Å². The van der Waals surface area contributed by atoms with E-state index in [2.05, 4.69) is 10.3 Å². The van der Waals surface area contributed by atoms with Crippen molar-refractivity contribution in [3.05, 3.63) is 82.9 Å². The van der Waals surface area contributed by atoms with Gasteiger partial charge in [0.15, 0.2) is 5.69 Å². The number of pyridine rings is 1. The molecule has 7 nitrogen and oxygen atoms in total. The Bertz CT molecular complexity index is 1100. The molecule has 0 bridgehead atoms. The van der Waals surface area contributed by atoms with Crippen LogP contribution in [0.15, 0.2) is 54.6 Å². The van der Waals surface area contributed by atoms with Gasteiger partial charge < -0.3 is 20.5 Å². The van der Waals surface area contributed by atoms with Crippen molar-refractivity contribution in [1.29, 1.82) is 0 Å². The summed E-state index contributed by atoms with van der Waals surface area (Å²) in [6.45, 7) is 0. The summed E-state index contributed by atoms with van der Waals surface area (Å²) in [6.07, 6.45) is 0.356. The lowest BCUT2D eigenvalue weighted by Crippen LogP contribution is -2.21. The first kappa shape index (κ1) is 20.8. The Hall–Kier alpha value is -3.94. The number of anilines is 1. The first-order chi connectivity index (χ1) is 14.4. The number of amides is 2. The fourth-order valence-electron chi connectivity index (χ4n) is 2.91. The summed E-state index contributed by atoms with van der Waals surface area (Å²) in [4.78, 5) is 28.6. The second kappa shape index (κ2) is 9.04. The molecule has 3 rings (SSSR count). The van der Waals surface area contributed by atoms with E-state index in [1.807, 2.05) is 6.07 Å². The Morgan fingerprint density at radius 1 is 1.07 bits per heavy atom. The highest BCUT2D eigenvalue weighted by Gasteiger charge is 2.17. The molecule has 2 aromatic carbocycles. The van der Waals surface area contributed by atoms with Gasteiger partial charge in [0, 0.05) is 23.7 Å². The molecule has 154 valence electrons. The number of halogens is 1. The number of rotatable bonds is 7. The SMILES string of the molecule is COc1ccc(Cc2ccc(NC(=O)c3ccccc3F)c(C(N)=O)n2)c(OC)c1. The summed E-state index contributed by atoms with van der Waals surface area (Å²) >= 11 is 0. The minimum absolute atomic E-state index is 0.0983. The highest BCUT2D eigenvalue weighted by atomic mass is 19.1. The van der Waals surface area contributed by atoms with Crippen molar-refractivity contribution >= 4 is 17.5 Å². The lowest BCUT2D eigenvalue weighted by Gasteiger charge is -2.13. The molecule has 2 amide bonds. The standard InChI is InChI=1S/C22H20FN3O4/c1-29-15-9-7-13(19(12-15)30-2)11-14-8-10-18(20(25-14)21(24)27)26-22(28)16-5-3-4-6-17(16)23/h3-10,12H,11H2,1-2H3,(H2,24,27)(H,26,28). The molecule has 0 saturated carbocycles. The van der Waals surface area contributed by atoms with Crippen LogP contribution in [0.25, 0.3) is 0 Å². The van der Waals surface area contributed by atoms with Crippen LogP contribution in [0, 0.1) is 5.82 Å². The predicted molar refractivity (Wildman–Crippen MR) is 109 cm³/mol. The number of ether oxygens (including phenoxy) is 2. The zero-order valence-electron chi connectivity index (χ0n) is 16.4. The summed E-state index contributed by atoms with van der Waals surface area (Å²) in [5, 5.41) is 2.49. The minimum Gasteiger partial charge on any atom is -0.497 e. The number of carbonyl (C=O) groups excluding carboxylic acids is 2. The molecule has 0 aliphatic carbocycles. The second-order valence-electron chi connectivity index (χ2n) is 6.35. The summed E-state index contributed by atoms with van der Waals surface area (Å²) in [7, 11) is 3.10. The van der Waals surface area contributed by atoms with Crippen molar-refractivity contribution < 1.29 is 23.5 Å². The molecule has 1 aromatic heterocycles. The normalized spacial score (nSPS) is 10.4. The fraction of sp³-hybridized carbons (Fsp3) is 0.136. The molecule has 8 heteroatoms. The summed E-state index contributed by atoms with van der Waals surface area (Å²) in [5.74, 6) is -0.947. The molecule has 0 aliphatic rings. The molecule has 30 heavy (non-hydrogen) atoms. The van der Waals surface area contributed by atoms with Crippen molar-refractivity contribution in [2.75, 3.05) is 19.5 Å². The Labute approximate surface area is 172 Å². The number of nitrogens with zero attached hydrogens (tertiary/aromatic N) is 1. The Kier molecular flexibility index (Phi) is 6.26. The molecule has 0 saturated heterocycles.